The van der Waals surface area contributed by atoms with Gasteiger partial charge in [0.15, 0.2) is 0 Å². The van der Waals surface area contributed by atoms with Crippen LogP contribution in [0.15, 0.2) is 48.5 Å². The van der Waals surface area contributed by atoms with Crippen LogP contribution < -0.4 is 0 Å². The SMILES string of the molecule is Cc1ccccc1CN(CC(=O)N1CCS[C@H]1c1ccccc1Cl)CC(C)C. The summed E-state index contributed by atoms with van der Waals surface area (Å²) in [5.41, 5.74) is 3.60. The summed E-state index contributed by atoms with van der Waals surface area (Å²) < 4.78 is 0. The second-order valence-electron chi connectivity index (χ2n) is 7.82. The molecule has 1 amide bonds. The predicted octanol–water partition coefficient (Wildman–Crippen LogP) is 5.38. The number of rotatable bonds is 7. The minimum Gasteiger partial charge on any atom is -0.325 e. The van der Waals surface area contributed by atoms with E-state index in [-0.39, 0.29) is 11.3 Å². The zero-order valence-electron chi connectivity index (χ0n) is 16.9. The van der Waals surface area contributed by atoms with Gasteiger partial charge in [-0.1, -0.05) is 67.9 Å². The van der Waals surface area contributed by atoms with E-state index in [0.29, 0.717) is 12.5 Å². The summed E-state index contributed by atoms with van der Waals surface area (Å²) in [6.07, 6.45) is 0. The first kappa shape index (κ1) is 21.2. The quantitative estimate of drug-likeness (QED) is 0.605. The second kappa shape index (κ2) is 9.82. The maximum atomic E-state index is 13.2. The Morgan fingerprint density at radius 1 is 1.21 bits per heavy atom. The van der Waals surface area contributed by atoms with E-state index in [1.807, 2.05) is 29.2 Å². The van der Waals surface area contributed by atoms with Crippen LogP contribution in [0.5, 0.6) is 0 Å². The lowest BCUT2D eigenvalue weighted by molar-refractivity contribution is -0.132. The zero-order chi connectivity index (χ0) is 20.1. The lowest BCUT2D eigenvalue weighted by Crippen LogP contribution is -2.41. The molecule has 3 nitrogen and oxygen atoms in total. The number of aryl methyl sites for hydroxylation is 1. The summed E-state index contributed by atoms with van der Waals surface area (Å²) >= 11 is 8.21. The molecule has 0 N–H and O–H groups in total. The number of amides is 1. The number of benzene rings is 2. The summed E-state index contributed by atoms with van der Waals surface area (Å²) in [5, 5.41) is 0.749. The van der Waals surface area contributed by atoms with Gasteiger partial charge in [0.2, 0.25) is 5.91 Å². The maximum Gasteiger partial charge on any atom is 0.237 e. The van der Waals surface area contributed by atoms with E-state index >= 15 is 0 Å². The van der Waals surface area contributed by atoms with Gasteiger partial charge in [-0.15, -0.1) is 11.8 Å². The van der Waals surface area contributed by atoms with Gasteiger partial charge >= 0.3 is 0 Å². The number of carbonyl (C=O) groups excluding carboxylic acids is 1. The molecule has 0 aliphatic carbocycles. The first-order valence-electron chi connectivity index (χ1n) is 9.88. The van der Waals surface area contributed by atoms with E-state index in [1.165, 1.54) is 11.1 Å². The lowest BCUT2D eigenvalue weighted by Gasteiger charge is -2.30. The monoisotopic (exact) mass is 416 g/mol. The Bertz CT molecular complexity index is 811. The first-order valence-corrected chi connectivity index (χ1v) is 11.3. The van der Waals surface area contributed by atoms with Gasteiger partial charge < -0.3 is 4.90 Å². The number of nitrogens with zero attached hydrogens (tertiary/aromatic N) is 2. The molecule has 2 aromatic rings. The highest BCUT2D eigenvalue weighted by atomic mass is 35.5. The summed E-state index contributed by atoms with van der Waals surface area (Å²) in [6, 6.07) is 16.3. The van der Waals surface area contributed by atoms with E-state index in [2.05, 4.69) is 49.9 Å². The topological polar surface area (TPSA) is 23.6 Å². The van der Waals surface area contributed by atoms with Gasteiger partial charge in [0.05, 0.1) is 6.54 Å². The van der Waals surface area contributed by atoms with Gasteiger partial charge in [-0.3, -0.25) is 9.69 Å². The molecular formula is C23H29ClN2OS. The van der Waals surface area contributed by atoms with Crippen molar-refractivity contribution in [2.24, 2.45) is 5.92 Å². The van der Waals surface area contributed by atoms with Crippen LogP contribution >= 0.6 is 23.4 Å². The molecule has 2 aromatic carbocycles. The van der Waals surface area contributed by atoms with Crippen molar-refractivity contribution >= 4 is 29.3 Å². The van der Waals surface area contributed by atoms with E-state index in [4.69, 9.17) is 11.6 Å². The molecule has 0 saturated carbocycles. The molecular weight excluding hydrogens is 388 g/mol. The fourth-order valence-corrected chi connectivity index (χ4v) is 5.29. The smallest absolute Gasteiger partial charge is 0.237 e. The Morgan fingerprint density at radius 3 is 2.64 bits per heavy atom. The molecule has 3 rings (SSSR count). The molecule has 1 heterocycles. The molecule has 1 atom stereocenters. The number of hydrogen-bond donors (Lipinski definition) is 0. The van der Waals surface area contributed by atoms with Gasteiger partial charge in [0, 0.05) is 36.0 Å². The van der Waals surface area contributed by atoms with Crippen LogP contribution in [0.2, 0.25) is 5.02 Å². The summed E-state index contributed by atoms with van der Waals surface area (Å²) in [5.74, 6) is 1.64. The van der Waals surface area contributed by atoms with Crippen molar-refractivity contribution in [3.63, 3.8) is 0 Å². The Balaban J connectivity index is 1.73. The molecule has 1 aliphatic heterocycles. The van der Waals surface area contributed by atoms with Crippen molar-refractivity contribution in [1.29, 1.82) is 0 Å². The van der Waals surface area contributed by atoms with E-state index in [1.54, 1.807) is 11.8 Å². The van der Waals surface area contributed by atoms with Crippen LogP contribution in [-0.2, 0) is 11.3 Å². The summed E-state index contributed by atoms with van der Waals surface area (Å²) in [7, 11) is 0. The van der Waals surface area contributed by atoms with Gasteiger partial charge in [-0.25, -0.2) is 0 Å². The van der Waals surface area contributed by atoms with Crippen molar-refractivity contribution in [1.82, 2.24) is 9.80 Å². The van der Waals surface area contributed by atoms with Crippen LogP contribution in [0.1, 0.15) is 35.9 Å². The van der Waals surface area contributed by atoms with E-state index in [0.717, 1.165) is 36.0 Å². The molecule has 0 aromatic heterocycles. The average Bonchev–Trinajstić information content (AvgIpc) is 3.13. The predicted molar refractivity (Wildman–Crippen MR) is 120 cm³/mol. The standard InChI is InChI=1S/C23H29ClN2OS/c1-17(2)14-25(15-19-9-5-4-8-18(19)3)16-22(27)26-12-13-28-23(26)20-10-6-7-11-21(20)24/h4-11,17,23H,12-16H2,1-3H3/t23-/m0/s1. The summed E-state index contributed by atoms with van der Waals surface area (Å²) in [4.78, 5) is 17.5. The highest BCUT2D eigenvalue weighted by Crippen LogP contribution is 2.40. The van der Waals surface area contributed by atoms with Gasteiger partial charge in [0.1, 0.15) is 5.37 Å². The number of halogens is 1. The van der Waals surface area contributed by atoms with Crippen molar-refractivity contribution in [3.05, 3.63) is 70.2 Å². The third kappa shape index (κ3) is 5.31. The van der Waals surface area contributed by atoms with Crippen molar-refractivity contribution in [2.75, 3.05) is 25.4 Å². The third-order valence-electron chi connectivity index (χ3n) is 5.02. The van der Waals surface area contributed by atoms with Crippen molar-refractivity contribution in [2.45, 2.75) is 32.7 Å². The van der Waals surface area contributed by atoms with Crippen LogP contribution in [0.4, 0.5) is 0 Å². The molecule has 0 unspecified atom stereocenters. The minimum atomic E-state index is 0.0144. The molecule has 150 valence electrons. The Kier molecular flexibility index (Phi) is 7.44. The van der Waals surface area contributed by atoms with Crippen LogP contribution in [0.25, 0.3) is 0 Å². The summed E-state index contributed by atoms with van der Waals surface area (Å²) in [6.45, 7) is 9.45. The fraction of sp³-hybridized carbons (Fsp3) is 0.435. The number of hydrogen-bond acceptors (Lipinski definition) is 3. The highest BCUT2D eigenvalue weighted by molar-refractivity contribution is 7.99. The Labute approximate surface area is 178 Å². The molecule has 0 bridgehead atoms. The van der Waals surface area contributed by atoms with Crippen LogP contribution in [0.3, 0.4) is 0 Å². The first-order chi connectivity index (χ1) is 13.5. The second-order valence-corrected chi connectivity index (χ2v) is 9.42. The maximum absolute atomic E-state index is 13.2. The lowest BCUT2D eigenvalue weighted by atomic mass is 10.1. The van der Waals surface area contributed by atoms with Crippen molar-refractivity contribution in [3.8, 4) is 0 Å². The zero-order valence-corrected chi connectivity index (χ0v) is 18.5. The minimum absolute atomic E-state index is 0.0144. The molecule has 1 aliphatic rings. The molecule has 0 radical (unpaired) electrons. The van der Waals surface area contributed by atoms with Crippen LogP contribution in [-0.4, -0.2) is 41.1 Å². The Hall–Kier alpha value is -1.49. The van der Waals surface area contributed by atoms with Gasteiger partial charge in [0.25, 0.3) is 0 Å². The Morgan fingerprint density at radius 2 is 1.93 bits per heavy atom. The van der Waals surface area contributed by atoms with Gasteiger partial charge in [-0.2, -0.15) is 0 Å². The highest BCUT2D eigenvalue weighted by Gasteiger charge is 2.32. The molecule has 28 heavy (non-hydrogen) atoms. The van der Waals surface area contributed by atoms with E-state index < -0.39 is 0 Å². The molecule has 1 fully saturated rings. The molecule has 5 heteroatoms. The molecule has 0 spiro atoms. The number of carbonyl (C=O) groups is 1. The van der Waals surface area contributed by atoms with Gasteiger partial charge in [-0.05, 0) is 30.0 Å². The average molecular weight is 417 g/mol. The number of thioether (sulfide) groups is 1. The van der Waals surface area contributed by atoms with Crippen molar-refractivity contribution < 1.29 is 4.79 Å². The van der Waals surface area contributed by atoms with E-state index in [9.17, 15) is 4.79 Å². The molecule has 1 saturated heterocycles. The third-order valence-corrected chi connectivity index (χ3v) is 6.61. The fourth-order valence-electron chi connectivity index (χ4n) is 3.67. The largest absolute Gasteiger partial charge is 0.325 e. The van der Waals surface area contributed by atoms with Crippen LogP contribution in [0, 0.1) is 12.8 Å². The normalized spacial score (nSPS) is 16.9.